The molecule has 0 heterocycles. The lowest BCUT2D eigenvalue weighted by Gasteiger charge is -2.17. The molecular weight excluding hydrogens is 325 g/mol. The lowest BCUT2D eigenvalue weighted by Crippen LogP contribution is -2.20. The molecule has 0 spiro atoms. The molecule has 0 bridgehead atoms. The Balaban J connectivity index is 2.85. The van der Waals surface area contributed by atoms with Gasteiger partial charge in [-0.1, -0.05) is 24.6 Å². The van der Waals surface area contributed by atoms with Crippen molar-refractivity contribution >= 4 is 39.3 Å². The van der Waals surface area contributed by atoms with Crippen LogP contribution in [0.5, 0.6) is 0 Å². The molecule has 1 atom stereocenters. The van der Waals surface area contributed by atoms with Gasteiger partial charge in [0.25, 0.3) is 0 Å². The summed E-state index contributed by atoms with van der Waals surface area (Å²) in [4.78, 5) is 0. The number of rotatable bonds is 6. The minimum atomic E-state index is -0.336. The summed E-state index contributed by atoms with van der Waals surface area (Å²) >= 11 is 10.9. The van der Waals surface area contributed by atoms with Crippen molar-refractivity contribution in [1.29, 1.82) is 0 Å². The van der Waals surface area contributed by atoms with Crippen LogP contribution < -0.4 is 5.32 Å². The Kier molecular flexibility index (Phi) is 6.85. The molecule has 17 heavy (non-hydrogen) atoms. The third kappa shape index (κ3) is 4.12. The molecule has 1 nitrogen and oxygen atoms in total. The number of hydrogen-bond donors (Lipinski definition) is 1. The Morgan fingerprint density at radius 2 is 2.24 bits per heavy atom. The zero-order valence-electron chi connectivity index (χ0n) is 9.90. The van der Waals surface area contributed by atoms with E-state index in [0.29, 0.717) is 10.0 Å². The van der Waals surface area contributed by atoms with E-state index in [1.807, 2.05) is 18.8 Å². The van der Waals surface area contributed by atoms with Crippen LogP contribution >= 0.6 is 39.3 Å². The molecule has 0 aromatic heterocycles. The standard InChI is InChI=1S/C12H16BrClFNS/c1-3-6-17-7-10(16-2)8-4-5-9(13)11(14)12(8)15/h4-5,10,16H,3,6-7H2,1-2H3. The number of benzene rings is 1. The van der Waals surface area contributed by atoms with Crippen LogP contribution in [0.2, 0.25) is 5.02 Å². The second-order valence-corrected chi connectivity index (χ2v) is 6.06. The molecule has 0 amide bonds. The Bertz CT molecular complexity index is 376. The van der Waals surface area contributed by atoms with Crippen molar-refractivity contribution in [3.05, 3.63) is 33.0 Å². The van der Waals surface area contributed by atoms with E-state index in [9.17, 15) is 4.39 Å². The first-order valence-electron chi connectivity index (χ1n) is 5.50. The summed E-state index contributed by atoms with van der Waals surface area (Å²) in [5, 5.41) is 3.29. The topological polar surface area (TPSA) is 12.0 Å². The maximum atomic E-state index is 14.0. The summed E-state index contributed by atoms with van der Waals surface area (Å²) in [6, 6.07) is 3.56. The fraction of sp³-hybridized carbons (Fsp3) is 0.500. The van der Waals surface area contributed by atoms with Gasteiger partial charge in [0, 0.05) is 21.8 Å². The lowest BCUT2D eigenvalue weighted by atomic mass is 10.1. The Hall–Kier alpha value is 0.230. The molecule has 1 aromatic rings. The van der Waals surface area contributed by atoms with Crippen molar-refractivity contribution < 1.29 is 4.39 Å². The number of hydrogen-bond acceptors (Lipinski definition) is 2. The zero-order valence-corrected chi connectivity index (χ0v) is 13.1. The quantitative estimate of drug-likeness (QED) is 0.598. The summed E-state index contributed by atoms with van der Waals surface area (Å²) < 4.78 is 14.6. The van der Waals surface area contributed by atoms with Gasteiger partial charge in [0.05, 0.1) is 5.02 Å². The first kappa shape index (κ1) is 15.3. The summed E-state index contributed by atoms with van der Waals surface area (Å²) in [6.07, 6.45) is 1.13. The van der Waals surface area contributed by atoms with Gasteiger partial charge >= 0.3 is 0 Å². The van der Waals surface area contributed by atoms with Crippen LogP contribution in [-0.4, -0.2) is 18.6 Å². The predicted molar refractivity (Wildman–Crippen MR) is 78.5 cm³/mol. The highest BCUT2D eigenvalue weighted by molar-refractivity contribution is 9.10. The molecule has 1 aromatic carbocycles. The molecule has 0 fully saturated rings. The van der Waals surface area contributed by atoms with Gasteiger partial charge < -0.3 is 5.32 Å². The normalized spacial score (nSPS) is 12.8. The molecule has 0 radical (unpaired) electrons. The minimum Gasteiger partial charge on any atom is -0.312 e. The summed E-state index contributed by atoms with van der Waals surface area (Å²) in [6.45, 7) is 2.14. The number of nitrogens with one attached hydrogen (secondary N) is 1. The van der Waals surface area contributed by atoms with Crippen LogP contribution in [0.4, 0.5) is 4.39 Å². The maximum absolute atomic E-state index is 14.0. The van der Waals surface area contributed by atoms with Crippen LogP contribution in [0.3, 0.4) is 0 Å². The van der Waals surface area contributed by atoms with Crippen molar-refractivity contribution in [2.75, 3.05) is 18.6 Å². The molecule has 0 saturated carbocycles. The summed E-state index contributed by atoms with van der Waals surface area (Å²) in [7, 11) is 1.84. The molecule has 1 unspecified atom stereocenters. The molecule has 0 aliphatic heterocycles. The summed E-state index contributed by atoms with van der Waals surface area (Å²) in [5.41, 5.74) is 0.629. The van der Waals surface area contributed by atoms with Crippen LogP contribution in [0.15, 0.2) is 16.6 Å². The highest BCUT2D eigenvalue weighted by Crippen LogP contribution is 2.31. The van der Waals surface area contributed by atoms with Gasteiger partial charge in [-0.3, -0.25) is 0 Å². The van der Waals surface area contributed by atoms with Gasteiger partial charge in [0.15, 0.2) is 0 Å². The van der Waals surface area contributed by atoms with Gasteiger partial charge in [-0.15, -0.1) is 0 Å². The fourth-order valence-corrected chi connectivity index (χ4v) is 3.00. The van der Waals surface area contributed by atoms with Crippen LogP contribution in [0.25, 0.3) is 0 Å². The number of halogens is 3. The molecule has 5 heteroatoms. The zero-order chi connectivity index (χ0) is 12.8. The second kappa shape index (κ2) is 7.62. The van der Waals surface area contributed by atoms with E-state index in [4.69, 9.17) is 11.6 Å². The average molecular weight is 341 g/mol. The fourth-order valence-electron chi connectivity index (χ4n) is 1.48. The highest BCUT2D eigenvalue weighted by Gasteiger charge is 2.17. The van der Waals surface area contributed by atoms with E-state index in [2.05, 4.69) is 28.2 Å². The molecule has 1 N–H and O–H groups in total. The molecule has 0 saturated heterocycles. The monoisotopic (exact) mass is 339 g/mol. The predicted octanol–water partition coefficient (Wildman–Crippen LogP) is 4.65. The van der Waals surface area contributed by atoms with Gasteiger partial charge in [-0.25, -0.2) is 4.39 Å². The van der Waals surface area contributed by atoms with Crippen molar-refractivity contribution in [2.45, 2.75) is 19.4 Å². The molecule has 0 aliphatic carbocycles. The third-order valence-corrected chi connectivity index (χ3v) is 4.95. The molecule has 0 aliphatic rings. The van der Waals surface area contributed by atoms with E-state index in [1.54, 1.807) is 12.1 Å². The Morgan fingerprint density at radius 1 is 1.53 bits per heavy atom. The highest BCUT2D eigenvalue weighted by atomic mass is 79.9. The van der Waals surface area contributed by atoms with E-state index < -0.39 is 0 Å². The van der Waals surface area contributed by atoms with Gasteiger partial charge in [-0.2, -0.15) is 11.8 Å². The Labute approximate surface area is 120 Å². The van der Waals surface area contributed by atoms with Crippen LogP contribution in [0.1, 0.15) is 24.9 Å². The SMILES string of the molecule is CCCSCC(NC)c1ccc(Br)c(Cl)c1F. The lowest BCUT2D eigenvalue weighted by molar-refractivity contribution is 0.565. The van der Waals surface area contributed by atoms with Crippen molar-refractivity contribution in [3.8, 4) is 0 Å². The van der Waals surface area contributed by atoms with Crippen LogP contribution in [0, 0.1) is 5.82 Å². The van der Waals surface area contributed by atoms with Crippen molar-refractivity contribution in [3.63, 3.8) is 0 Å². The van der Waals surface area contributed by atoms with Crippen LogP contribution in [-0.2, 0) is 0 Å². The molecule has 96 valence electrons. The van der Waals surface area contributed by atoms with E-state index >= 15 is 0 Å². The first-order valence-corrected chi connectivity index (χ1v) is 7.82. The van der Waals surface area contributed by atoms with E-state index in [-0.39, 0.29) is 16.9 Å². The smallest absolute Gasteiger partial charge is 0.147 e. The largest absolute Gasteiger partial charge is 0.312 e. The molecular formula is C12H16BrClFNS. The van der Waals surface area contributed by atoms with Gasteiger partial charge in [0.2, 0.25) is 0 Å². The van der Waals surface area contributed by atoms with Crippen molar-refractivity contribution in [2.24, 2.45) is 0 Å². The van der Waals surface area contributed by atoms with E-state index in [0.717, 1.165) is 17.9 Å². The number of thioether (sulfide) groups is 1. The van der Waals surface area contributed by atoms with Crippen molar-refractivity contribution in [1.82, 2.24) is 5.32 Å². The van der Waals surface area contributed by atoms with E-state index in [1.165, 1.54) is 0 Å². The maximum Gasteiger partial charge on any atom is 0.147 e. The average Bonchev–Trinajstić information content (AvgIpc) is 2.33. The first-order chi connectivity index (χ1) is 8.11. The molecule has 1 rings (SSSR count). The van der Waals surface area contributed by atoms with Gasteiger partial charge in [0.1, 0.15) is 5.82 Å². The Morgan fingerprint density at radius 3 is 2.82 bits per heavy atom. The van der Waals surface area contributed by atoms with Gasteiger partial charge in [-0.05, 0) is 41.2 Å². The minimum absolute atomic E-state index is 0.00264. The second-order valence-electron chi connectivity index (χ2n) is 3.68. The third-order valence-electron chi connectivity index (χ3n) is 2.42. The summed E-state index contributed by atoms with van der Waals surface area (Å²) in [5.74, 6) is 1.60.